The van der Waals surface area contributed by atoms with Crippen LogP contribution in [0.15, 0.2) is 28.9 Å². The maximum atomic E-state index is 5.73. The van der Waals surface area contributed by atoms with Crippen LogP contribution in [0.3, 0.4) is 0 Å². The normalized spacial score (nSPS) is 12.8. The van der Waals surface area contributed by atoms with E-state index in [-0.39, 0.29) is 6.04 Å². The Morgan fingerprint density at radius 1 is 1.44 bits per heavy atom. The molecule has 1 unspecified atom stereocenters. The Labute approximate surface area is 107 Å². The molecule has 0 bridgehead atoms. The van der Waals surface area contributed by atoms with Gasteiger partial charge in [0.05, 0.1) is 6.20 Å². The minimum Gasteiger partial charge on any atom is -0.464 e. The predicted molar refractivity (Wildman–Crippen MR) is 69.8 cm³/mol. The smallest absolute Gasteiger partial charge is 0.127 e. The topological polar surface area (TPSA) is 69.0 Å². The standard InChI is InChI=1S/C13H20N4O/c1-3-7-17-9-10(8-15-17)13(16-14)12-6-5-11(4-2)18-12/h5-6,8-9,13,16H,3-4,7,14H2,1-2H3. The SMILES string of the molecule is CCCn1cc(C(NN)c2ccc(CC)o2)cn1. The molecule has 0 saturated heterocycles. The first-order chi connectivity index (χ1) is 8.78. The van der Waals surface area contributed by atoms with Crippen LogP contribution in [0.25, 0.3) is 0 Å². The van der Waals surface area contributed by atoms with Crippen molar-refractivity contribution in [2.45, 2.75) is 39.3 Å². The Morgan fingerprint density at radius 2 is 2.28 bits per heavy atom. The fourth-order valence-electron chi connectivity index (χ4n) is 1.96. The van der Waals surface area contributed by atoms with E-state index in [1.807, 2.05) is 29.2 Å². The van der Waals surface area contributed by atoms with Crippen LogP contribution in [0.4, 0.5) is 0 Å². The summed E-state index contributed by atoms with van der Waals surface area (Å²) < 4.78 is 7.65. The van der Waals surface area contributed by atoms with Gasteiger partial charge in [-0.1, -0.05) is 13.8 Å². The molecular weight excluding hydrogens is 228 g/mol. The van der Waals surface area contributed by atoms with Crippen LogP contribution >= 0.6 is 0 Å². The lowest BCUT2D eigenvalue weighted by Gasteiger charge is -2.10. The quantitative estimate of drug-likeness (QED) is 0.606. The molecule has 2 aromatic heterocycles. The minimum atomic E-state index is -0.143. The average Bonchev–Trinajstić information content (AvgIpc) is 3.01. The largest absolute Gasteiger partial charge is 0.464 e. The summed E-state index contributed by atoms with van der Waals surface area (Å²) in [6.45, 7) is 5.10. The third-order valence-electron chi connectivity index (χ3n) is 2.92. The van der Waals surface area contributed by atoms with E-state index in [9.17, 15) is 0 Å². The third-order valence-corrected chi connectivity index (χ3v) is 2.92. The highest BCUT2D eigenvalue weighted by Gasteiger charge is 2.17. The molecule has 0 radical (unpaired) electrons. The second kappa shape index (κ2) is 5.84. The molecule has 0 aliphatic carbocycles. The van der Waals surface area contributed by atoms with E-state index in [0.29, 0.717) is 0 Å². The Hall–Kier alpha value is -1.59. The van der Waals surface area contributed by atoms with Gasteiger partial charge in [-0.15, -0.1) is 0 Å². The molecular formula is C13H20N4O. The summed E-state index contributed by atoms with van der Waals surface area (Å²) in [5.74, 6) is 7.41. The van der Waals surface area contributed by atoms with E-state index < -0.39 is 0 Å². The van der Waals surface area contributed by atoms with Crippen molar-refractivity contribution in [2.24, 2.45) is 5.84 Å². The molecule has 2 aromatic rings. The first kappa shape index (κ1) is 12.9. The van der Waals surface area contributed by atoms with Crippen molar-refractivity contribution < 1.29 is 4.42 Å². The molecule has 0 aliphatic rings. The summed E-state index contributed by atoms with van der Waals surface area (Å²) in [6.07, 6.45) is 5.77. The Morgan fingerprint density at radius 3 is 2.89 bits per heavy atom. The summed E-state index contributed by atoms with van der Waals surface area (Å²) in [6, 6.07) is 3.80. The van der Waals surface area contributed by atoms with Crippen molar-refractivity contribution in [1.29, 1.82) is 0 Å². The molecule has 0 aromatic carbocycles. The molecule has 0 fully saturated rings. The van der Waals surface area contributed by atoms with Gasteiger partial charge in [0.25, 0.3) is 0 Å². The van der Waals surface area contributed by atoms with Gasteiger partial charge in [0.1, 0.15) is 17.6 Å². The van der Waals surface area contributed by atoms with Gasteiger partial charge in [-0.2, -0.15) is 5.10 Å². The van der Waals surface area contributed by atoms with Crippen LogP contribution in [0.2, 0.25) is 0 Å². The molecule has 0 aliphatic heterocycles. The third kappa shape index (κ3) is 2.63. The number of hydrogen-bond acceptors (Lipinski definition) is 4. The first-order valence-corrected chi connectivity index (χ1v) is 6.35. The van der Waals surface area contributed by atoms with Crippen molar-refractivity contribution in [2.75, 3.05) is 0 Å². The van der Waals surface area contributed by atoms with Gasteiger partial charge in [-0.05, 0) is 18.6 Å². The van der Waals surface area contributed by atoms with Crippen molar-refractivity contribution >= 4 is 0 Å². The molecule has 0 spiro atoms. The zero-order valence-electron chi connectivity index (χ0n) is 10.9. The molecule has 18 heavy (non-hydrogen) atoms. The summed E-state index contributed by atoms with van der Waals surface area (Å²) in [4.78, 5) is 0. The van der Waals surface area contributed by atoms with E-state index >= 15 is 0 Å². The molecule has 1 atom stereocenters. The Balaban J connectivity index is 2.21. The summed E-state index contributed by atoms with van der Waals surface area (Å²) >= 11 is 0. The number of hydrazine groups is 1. The van der Waals surface area contributed by atoms with E-state index in [0.717, 1.165) is 36.5 Å². The van der Waals surface area contributed by atoms with Gasteiger partial charge in [0.2, 0.25) is 0 Å². The van der Waals surface area contributed by atoms with E-state index in [1.54, 1.807) is 0 Å². The van der Waals surface area contributed by atoms with Gasteiger partial charge in [0, 0.05) is 24.7 Å². The molecule has 2 rings (SSSR count). The molecule has 2 heterocycles. The van der Waals surface area contributed by atoms with E-state index in [4.69, 9.17) is 10.3 Å². The zero-order chi connectivity index (χ0) is 13.0. The van der Waals surface area contributed by atoms with Crippen LogP contribution in [-0.2, 0) is 13.0 Å². The molecule has 5 heteroatoms. The summed E-state index contributed by atoms with van der Waals surface area (Å²) in [7, 11) is 0. The Kier molecular flexibility index (Phi) is 4.17. The highest BCUT2D eigenvalue weighted by molar-refractivity contribution is 5.23. The lowest BCUT2D eigenvalue weighted by Crippen LogP contribution is -2.28. The second-order valence-corrected chi connectivity index (χ2v) is 4.29. The maximum Gasteiger partial charge on any atom is 0.127 e. The molecule has 3 N–H and O–H groups in total. The van der Waals surface area contributed by atoms with Gasteiger partial charge >= 0.3 is 0 Å². The van der Waals surface area contributed by atoms with E-state index in [2.05, 4.69) is 24.4 Å². The van der Waals surface area contributed by atoms with Crippen molar-refractivity contribution in [1.82, 2.24) is 15.2 Å². The van der Waals surface area contributed by atoms with Crippen LogP contribution in [-0.4, -0.2) is 9.78 Å². The van der Waals surface area contributed by atoms with Crippen molar-refractivity contribution in [3.63, 3.8) is 0 Å². The second-order valence-electron chi connectivity index (χ2n) is 4.29. The number of aryl methyl sites for hydroxylation is 2. The molecule has 98 valence electrons. The van der Waals surface area contributed by atoms with Gasteiger partial charge in [-0.25, -0.2) is 5.43 Å². The molecule has 0 saturated carbocycles. The van der Waals surface area contributed by atoms with Gasteiger partial charge in [-0.3, -0.25) is 10.5 Å². The van der Waals surface area contributed by atoms with Crippen LogP contribution in [0, 0.1) is 0 Å². The fourth-order valence-corrected chi connectivity index (χ4v) is 1.96. The lowest BCUT2D eigenvalue weighted by atomic mass is 10.1. The average molecular weight is 248 g/mol. The van der Waals surface area contributed by atoms with Gasteiger partial charge in [0.15, 0.2) is 0 Å². The maximum absolute atomic E-state index is 5.73. The fraction of sp³-hybridized carbons (Fsp3) is 0.462. The highest BCUT2D eigenvalue weighted by Crippen LogP contribution is 2.23. The molecule has 5 nitrogen and oxygen atoms in total. The summed E-state index contributed by atoms with van der Waals surface area (Å²) in [5.41, 5.74) is 3.80. The number of nitrogens with zero attached hydrogens (tertiary/aromatic N) is 2. The number of aromatic nitrogens is 2. The number of hydrogen-bond donors (Lipinski definition) is 2. The zero-order valence-corrected chi connectivity index (χ0v) is 10.9. The first-order valence-electron chi connectivity index (χ1n) is 6.35. The number of nitrogens with one attached hydrogen (secondary N) is 1. The number of rotatable bonds is 6. The number of furan rings is 1. The summed E-state index contributed by atoms with van der Waals surface area (Å²) in [5, 5.41) is 4.31. The van der Waals surface area contributed by atoms with Crippen LogP contribution in [0.5, 0.6) is 0 Å². The van der Waals surface area contributed by atoms with Crippen LogP contribution < -0.4 is 11.3 Å². The Bertz CT molecular complexity index is 489. The monoisotopic (exact) mass is 248 g/mol. The highest BCUT2D eigenvalue weighted by atomic mass is 16.3. The van der Waals surface area contributed by atoms with Crippen molar-refractivity contribution in [3.05, 3.63) is 41.6 Å². The van der Waals surface area contributed by atoms with Crippen LogP contribution in [0.1, 0.15) is 43.4 Å². The van der Waals surface area contributed by atoms with Gasteiger partial charge < -0.3 is 4.42 Å². The molecule has 0 amide bonds. The van der Waals surface area contributed by atoms with Crippen molar-refractivity contribution in [3.8, 4) is 0 Å². The minimum absolute atomic E-state index is 0.143. The number of nitrogens with two attached hydrogens (primary N) is 1. The van der Waals surface area contributed by atoms with E-state index in [1.165, 1.54) is 0 Å². The predicted octanol–water partition coefficient (Wildman–Crippen LogP) is 2.00. The lowest BCUT2D eigenvalue weighted by molar-refractivity contribution is 0.425.